The van der Waals surface area contributed by atoms with E-state index in [1.807, 2.05) is 13.0 Å². The van der Waals surface area contributed by atoms with E-state index in [0.717, 1.165) is 5.56 Å². The summed E-state index contributed by atoms with van der Waals surface area (Å²) in [6.45, 7) is 7.83. The molecule has 1 aromatic carbocycles. The van der Waals surface area contributed by atoms with Gasteiger partial charge in [-0.05, 0) is 31.5 Å². The van der Waals surface area contributed by atoms with Gasteiger partial charge in [0.05, 0.1) is 0 Å². The minimum atomic E-state index is -0.313. The second-order valence-corrected chi connectivity index (χ2v) is 5.18. The topological polar surface area (TPSA) is 66.9 Å². The Balaban J connectivity index is 2.19. The molecule has 0 aliphatic heterocycles. The first-order valence-corrected chi connectivity index (χ1v) is 7.15. The van der Waals surface area contributed by atoms with Crippen LogP contribution in [0.15, 0.2) is 36.9 Å². The number of carbonyl (C=O) groups is 1. The molecule has 1 aromatic heterocycles. The maximum absolute atomic E-state index is 12.3. The Labute approximate surface area is 134 Å². The lowest BCUT2D eigenvalue weighted by Gasteiger charge is -2.09. The van der Waals surface area contributed by atoms with E-state index < -0.39 is 0 Å². The molecule has 0 atom stereocenters. The third-order valence-electron chi connectivity index (χ3n) is 2.93. The molecule has 0 radical (unpaired) electrons. The van der Waals surface area contributed by atoms with Crippen molar-refractivity contribution in [2.24, 2.45) is 0 Å². The van der Waals surface area contributed by atoms with Gasteiger partial charge < -0.3 is 10.6 Å². The van der Waals surface area contributed by atoms with Crippen molar-refractivity contribution in [2.45, 2.75) is 13.8 Å². The van der Waals surface area contributed by atoms with Crippen molar-refractivity contribution in [1.82, 2.24) is 9.97 Å². The molecule has 2 aromatic rings. The Morgan fingerprint density at radius 3 is 2.77 bits per heavy atom. The van der Waals surface area contributed by atoms with Crippen LogP contribution in [0.5, 0.6) is 0 Å². The highest BCUT2D eigenvalue weighted by Gasteiger charge is 2.11. The highest BCUT2D eigenvalue weighted by Crippen LogP contribution is 2.20. The molecule has 6 heteroatoms. The van der Waals surface area contributed by atoms with E-state index in [-0.39, 0.29) is 11.6 Å². The number of hydrogen-bond donors (Lipinski definition) is 2. The molecule has 0 unspecified atom stereocenters. The van der Waals surface area contributed by atoms with Crippen LogP contribution in [0.1, 0.15) is 21.9 Å². The van der Waals surface area contributed by atoms with Crippen molar-refractivity contribution in [2.75, 3.05) is 17.2 Å². The molecule has 1 heterocycles. The fourth-order valence-corrected chi connectivity index (χ4v) is 2.00. The summed E-state index contributed by atoms with van der Waals surface area (Å²) in [6, 6.07) is 6.95. The van der Waals surface area contributed by atoms with Gasteiger partial charge in [0.2, 0.25) is 0 Å². The highest BCUT2D eigenvalue weighted by molar-refractivity contribution is 6.31. The van der Waals surface area contributed by atoms with Gasteiger partial charge in [-0.2, -0.15) is 0 Å². The summed E-state index contributed by atoms with van der Waals surface area (Å²) in [5.74, 6) is 0.785. The van der Waals surface area contributed by atoms with E-state index in [1.54, 1.807) is 31.2 Å². The fourth-order valence-electron chi connectivity index (χ4n) is 1.82. The monoisotopic (exact) mass is 316 g/mol. The van der Waals surface area contributed by atoms with Crippen LogP contribution < -0.4 is 10.6 Å². The summed E-state index contributed by atoms with van der Waals surface area (Å²) >= 11 is 6.05. The number of benzene rings is 1. The summed E-state index contributed by atoms with van der Waals surface area (Å²) in [5.41, 5.74) is 1.86. The predicted octanol–water partition coefficient (Wildman–Crippen LogP) is 3.60. The normalized spacial score (nSPS) is 10.1. The van der Waals surface area contributed by atoms with Crippen molar-refractivity contribution >= 4 is 29.0 Å². The number of anilines is 2. The summed E-state index contributed by atoms with van der Waals surface area (Å²) < 4.78 is 0. The Bertz CT molecular complexity index is 715. The molecule has 2 N–H and O–H groups in total. The van der Waals surface area contributed by atoms with Gasteiger partial charge in [0.15, 0.2) is 0 Å². The van der Waals surface area contributed by atoms with Crippen LogP contribution in [0.2, 0.25) is 5.02 Å². The summed E-state index contributed by atoms with van der Waals surface area (Å²) in [7, 11) is 0. The largest absolute Gasteiger partial charge is 0.366 e. The molecule has 0 aliphatic rings. The summed E-state index contributed by atoms with van der Waals surface area (Å²) in [4.78, 5) is 20.7. The molecule has 2 rings (SSSR count). The number of hydrogen-bond acceptors (Lipinski definition) is 4. The van der Waals surface area contributed by atoms with E-state index in [1.165, 1.54) is 0 Å². The lowest BCUT2D eigenvalue weighted by atomic mass is 10.2. The first-order chi connectivity index (χ1) is 10.5. The van der Waals surface area contributed by atoms with Gasteiger partial charge in [-0.3, -0.25) is 4.79 Å². The minimum absolute atomic E-state index is 0.288. The molecule has 0 bridgehead atoms. The van der Waals surface area contributed by atoms with Crippen LogP contribution in [0, 0.1) is 13.8 Å². The molecule has 114 valence electrons. The number of rotatable bonds is 5. The maximum Gasteiger partial charge on any atom is 0.274 e. The molecule has 0 fully saturated rings. The molecule has 5 nitrogen and oxygen atoms in total. The van der Waals surface area contributed by atoms with E-state index in [0.29, 0.717) is 28.9 Å². The second kappa shape index (κ2) is 7.04. The number of carbonyl (C=O) groups excluding carboxylic acids is 1. The van der Waals surface area contributed by atoms with Crippen LogP contribution in [-0.4, -0.2) is 22.4 Å². The Hall–Kier alpha value is -2.40. The van der Waals surface area contributed by atoms with Crippen LogP contribution in [0.4, 0.5) is 11.5 Å². The van der Waals surface area contributed by atoms with Crippen molar-refractivity contribution in [1.29, 1.82) is 0 Å². The molecule has 0 saturated heterocycles. The average molecular weight is 317 g/mol. The Kier molecular flexibility index (Phi) is 5.12. The smallest absolute Gasteiger partial charge is 0.274 e. The maximum atomic E-state index is 12.3. The summed E-state index contributed by atoms with van der Waals surface area (Å²) in [6.07, 6.45) is 1.71. The third-order valence-corrected chi connectivity index (χ3v) is 3.34. The quantitative estimate of drug-likeness (QED) is 0.827. The fraction of sp³-hybridized carbons (Fsp3) is 0.188. The lowest BCUT2D eigenvalue weighted by molar-refractivity contribution is 0.102. The van der Waals surface area contributed by atoms with E-state index in [2.05, 4.69) is 27.2 Å². The zero-order valence-electron chi connectivity index (χ0n) is 12.5. The van der Waals surface area contributed by atoms with E-state index in [4.69, 9.17) is 11.6 Å². The second-order valence-electron chi connectivity index (χ2n) is 4.77. The van der Waals surface area contributed by atoms with Gasteiger partial charge in [-0.25, -0.2) is 9.97 Å². The minimum Gasteiger partial charge on any atom is -0.366 e. The Morgan fingerprint density at radius 1 is 1.32 bits per heavy atom. The zero-order chi connectivity index (χ0) is 16.1. The van der Waals surface area contributed by atoms with Crippen molar-refractivity contribution in [3.05, 3.63) is 59.0 Å². The van der Waals surface area contributed by atoms with E-state index >= 15 is 0 Å². The first-order valence-electron chi connectivity index (χ1n) is 6.77. The van der Waals surface area contributed by atoms with Crippen LogP contribution in [-0.2, 0) is 0 Å². The van der Waals surface area contributed by atoms with Crippen molar-refractivity contribution in [3.63, 3.8) is 0 Å². The zero-order valence-corrected chi connectivity index (χ0v) is 13.2. The number of halogens is 1. The van der Waals surface area contributed by atoms with Crippen molar-refractivity contribution in [3.8, 4) is 0 Å². The number of amides is 1. The number of aromatic nitrogens is 2. The molecule has 0 spiro atoms. The van der Waals surface area contributed by atoms with Crippen LogP contribution >= 0.6 is 11.6 Å². The van der Waals surface area contributed by atoms with E-state index in [9.17, 15) is 4.79 Å². The van der Waals surface area contributed by atoms with Gasteiger partial charge in [0.1, 0.15) is 17.3 Å². The van der Waals surface area contributed by atoms with Gasteiger partial charge in [-0.1, -0.05) is 23.7 Å². The molecular formula is C16H17ClN4O. The number of nitrogens with zero attached hydrogens (tertiary/aromatic N) is 2. The molecule has 1 amide bonds. The van der Waals surface area contributed by atoms with Crippen LogP contribution in [0.3, 0.4) is 0 Å². The highest BCUT2D eigenvalue weighted by atomic mass is 35.5. The lowest BCUT2D eigenvalue weighted by Crippen LogP contribution is -2.16. The summed E-state index contributed by atoms with van der Waals surface area (Å²) in [5, 5.41) is 6.42. The molecule has 0 aliphatic carbocycles. The molecule has 22 heavy (non-hydrogen) atoms. The predicted molar refractivity (Wildman–Crippen MR) is 89.6 cm³/mol. The van der Waals surface area contributed by atoms with Crippen LogP contribution in [0.25, 0.3) is 0 Å². The van der Waals surface area contributed by atoms with Gasteiger partial charge in [0.25, 0.3) is 5.91 Å². The van der Waals surface area contributed by atoms with Crippen molar-refractivity contribution < 1.29 is 4.79 Å². The third kappa shape index (κ3) is 4.05. The molecule has 0 saturated carbocycles. The van der Waals surface area contributed by atoms with Gasteiger partial charge >= 0.3 is 0 Å². The SMILES string of the molecule is C=CCNc1cc(C(=O)Nc2ccc(C)c(Cl)c2)nc(C)n1. The van der Waals surface area contributed by atoms with Gasteiger partial charge in [0, 0.05) is 23.3 Å². The molecular weight excluding hydrogens is 300 g/mol. The van der Waals surface area contributed by atoms with Gasteiger partial charge in [-0.15, -0.1) is 6.58 Å². The first kappa shape index (κ1) is 16.0. The average Bonchev–Trinajstić information content (AvgIpc) is 2.48. The number of nitrogens with one attached hydrogen (secondary N) is 2. The standard InChI is InChI=1S/C16H17ClN4O/c1-4-7-18-15-9-14(19-11(3)20-15)16(22)21-12-6-5-10(2)13(17)8-12/h4-6,8-9H,1,7H2,2-3H3,(H,21,22)(H,18,19,20). The number of aryl methyl sites for hydroxylation is 2. The Morgan fingerprint density at radius 2 is 2.09 bits per heavy atom.